The third kappa shape index (κ3) is 1.64. The number of nitrogen functional groups attached to an aromatic ring is 1. The van der Waals surface area contributed by atoms with E-state index in [9.17, 15) is 0 Å². The number of nitriles is 1. The molecular weight excluding hydrogens is 240 g/mol. The molecule has 0 spiro atoms. The van der Waals surface area contributed by atoms with E-state index in [4.69, 9.17) is 11.0 Å². The van der Waals surface area contributed by atoms with Crippen LogP contribution in [0.15, 0.2) is 24.4 Å². The van der Waals surface area contributed by atoms with Crippen LogP contribution in [-0.2, 0) is 7.05 Å². The SMILES string of the molecule is Cc1nn(C)cc1-n1c(N)nc2ccc(C#N)cc21. The van der Waals surface area contributed by atoms with E-state index in [1.54, 1.807) is 22.9 Å². The Morgan fingerprint density at radius 3 is 2.79 bits per heavy atom. The van der Waals surface area contributed by atoms with Crippen molar-refractivity contribution >= 4 is 17.0 Å². The summed E-state index contributed by atoms with van der Waals surface area (Å²) in [5.74, 6) is 0.390. The number of nitrogens with zero attached hydrogens (tertiary/aromatic N) is 5. The first-order chi connectivity index (χ1) is 9.10. The molecule has 0 aliphatic carbocycles. The summed E-state index contributed by atoms with van der Waals surface area (Å²) in [6.07, 6.45) is 1.88. The Hall–Kier alpha value is -2.81. The average Bonchev–Trinajstić information content (AvgIpc) is 2.86. The molecule has 3 rings (SSSR count). The molecule has 0 bridgehead atoms. The summed E-state index contributed by atoms with van der Waals surface area (Å²) >= 11 is 0. The zero-order chi connectivity index (χ0) is 13.6. The fraction of sp³-hybridized carbons (Fsp3) is 0.154. The van der Waals surface area contributed by atoms with Gasteiger partial charge in [-0.25, -0.2) is 4.98 Å². The maximum absolute atomic E-state index is 9.00. The monoisotopic (exact) mass is 252 g/mol. The van der Waals surface area contributed by atoms with Gasteiger partial charge in [-0.2, -0.15) is 10.4 Å². The van der Waals surface area contributed by atoms with E-state index >= 15 is 0 Å². The number of benzene rings is 1. The summed E-state index contributed by atoms with van der Waals surface area (Å²) < 4.78 is 3.54. The molecule has 0 saturated carbocycles. The molecule has 6 heteroatoms. The molecule has 0 amide bonds. The lowest BCUT2D eigenvalue weighted by Crippen LogP contribution is -2.01. The smallest absolute Gasteiger partial charge is 0.206 e. The van der Waals surface area contributed by atoms with E-state index in [1.165, 1.54) is 0 Å². The molecule has 2 heterocycles. The number of imidazole rings is 1. The lowest BCUT2D eigenvalue weighted by Gasteiger charge is -2.04. The van der Waals surface area contributed by atoms with Gasteiger partial charge in [0, 0.05) is 13.2 Å². The van der Waals surface area contributed by atoms with Gasteiger partial charge < -0.3 is 5.73 Å². The Morgan fingerprint density at radius 2 is 2.16 bits per heavy atom. The Labute approximate surface area is 109 Å². The van der Waals surface area contributed by atoms with Crippen molar-refractivity contribution in [1.29, 1.82) is 5.26 Å². The van der Waals surface area contributed by atoms with Crippen molar-refractivity contribution in [3.05, 3.63) is 35.7 Å². The molecule has 0 aliphatic rings. The van der Waals surface area contributed by atoms with Crippen molar-refractivity contribution in [3.8, 4) is 11.8 Å². The minimum absolute atomic E-state index is 0.390. The molecule has 6 nitrogen and oxygen atoms in total. The highest BCUT2D eigenvalue weighted by Gasteiger charge is 2.14. The summed E-state index contributed by atoms with van der Waals surface area (Å²) in [5.41, 5.74) is 9.87. The van der Waals surface area contributed by atoms with Crippen molar-refractivity contribution in [1.82, 2.24) is 19.3 Å². The molecule has 0 unspecified atom stereocenters. The molecule has 2 aromatic heterocycles. The minimum atomic E-state index is 0.390. The summed E-state index contributed by atoms with van der Waals surface area (Å²) in [5, 5.41) is 13.3. The van der Waals surface area contributed by atoms with E-state index in [-0.39, 0.29) is 0 Å². The van der Waals surface area contributed by atoms with Crippen LogP contribution in [0.25, 0.3) is 16.7 Å². The van der Waals surface area contributed by atoms with Crippen molar-refractivity contribution in [2.75, 3.05) is 5.73 Å². The molecule has 0 saturated heterocycles. The Balaban J connectivity index is 2.37. The first-order valence-corrected chi connectivity index (χ1v) is 5.79. The zero-order valence-electron chi connectivity index (χ0n) is 10.6. The van der Waals surface area contributed by atoms with E-state index in [2.05, 4.69) is 16.2 Å². The zero-order valence-corrected chi connectivity index (χ0v) is 10.6. The number of hydrogen-bond donors (Lipinski definition) is 1. The van der Waals surface area contributed by atoms with Crippen molar-refractivity contribution < 1.29 is 0 Å². The highest BCUT2D eigenvalue weighted by atomic mass is 15.3. The first kappa shape index (κ1) is 11.3. The lowest BCUT2D eigenvalue weighted by atomic mass is 10.2. The first-order valence-electron chi connectivity index (χ1n) is 5.79. The second-order valence-electron chi connectivity index (χ2n) is 4.39. The van der Waals surface area contributed by atoms with Crippen LogP contribution in [0.1, 0.15) is 11.3 Å². The number of aryl methyl sites for hydroxylation is 2. The molecule has 1 aromatic carbocycles. The molecule has 0 aliphatic heterocycles. The van der Waals surface area contributed by atoms with Crippen LogP contribution < -0.4 is 5.73 Å². The summed E-state index contributed by atoms with van der Waals surface area (Å²) in [4.78, 5) is 4.31. The minimum Gasteiger partial charge on any atom is -0.369 e. The van der Waals surface area contributed by atoms with Gasteiger partial charge >= 0.3 is 0 Å². The third-order valence-electron chi connectivity index (χ3n) is 3.04. The van der Waals surface area contributed by atoms with Gasteiger partial charge in [-0.3, -0.25) is 9.25 Å². The molecule has 2 N–H and O–H groups in total. The molecule has 19 heavy (non-hydrogen) atoms. The molecular formula is C13H12N6. The van der Waals surface area contributed by atoms with Gasteiger partial charge in [0.15, 0.2) is 0 Å². The third-order valence-corrected chi connectivity index (χ3v) is 3.04. The normalized spacial score (nSPS) is 10.8. The molecule has 0 radical (unpaired) electrons. The number of anilines is 1. The number of nitrogens with two attached hydrogens (primary N) is 1. The molecule has 0 fully saturated rings. The molecule has 94 valence electrons. The van der Waals surface area contributed by atoms with Gasteiger partial charge in [0.25, 0.3) is 0 Å². The Kier molecular flexibility index (Phi) is 2.29. The van der Waals surface area contributed by atoms with Crippen LogP contribution in [0.3, 0.4) is 0 Å². The van der Waals surface area contributed by atoms with Gasteiger partial charge in [-0.05, 0) is 25.1 Å². The quantitative estimate of drug-likeness (QED) is 0.711. The summed E-state index contributed by atoms with van der Waals surface area (Å²) in [6, 6.07) is 7.44. The fourth-order valence-electron chi connectivity index (χ4n) is 2.22. The Morgan fingerprint density at radius 1 is 1.37 bits per heavy atom. The highest BCUT2D eigenvalue weighted by Crippen LogP contribution is 2.25. The predicted molar refractivity (Wildman–Crippen MR) is 71.7 cm³/mol. The van der Waals surface area contributed by atoms with Gasteiger partial charge in [-0.1, -0.05) is 0 Å². The van der Waals surface area contributed by atoms with E-state index in [0.29, 0.717) is 11.5 Å². The topological polar surface area (TPSA) is 85.4 Å². The van der Waals surface area contributed by atoms with Crippen LogP contribution in [0.2, 0.25) is 0 Å². The molecule has 3 aromatic rings. The number of hydrogen-bond acceptors (Lipinski definition) is 4. The fourth-order valence-corrected chi connectivity index (χ4v) is 2.22. The van der Waals surface area contributed by atoms with Crippen molar-refractivity contribution in [2.45, 2.75) is 6.92 Å². The maximum atomic E-state index is 9.00. The largest absolute Gasteiger partial charge is 0.369 e. The predicted octanol–water partition coefficient (Wildman–Crippen LogP) is 1.52. The van der Waals surface area contributed by atoms with Crippen molar-refractivity contribution in [3.63, 3.8) is 0 Å². The second-order valence-corrected chi connectivity index (χ2v) is 4.39. The number of aromatic nitrogens is 4. The molecule has 0 atom stereocenters. The Bertz CT molecular complexity index is 818. The summed E-state index contributed by atoms with van der Waals surface area (Å²) in [7, 11) is 1.85. The number of fused-ring (bicyclic) bond motifs is 1. The van der Waals surface area contributed by atoms with Gasteiger partial charge in [0.05, 0.1) is 34.0 Å². The second kappa shape index (κ2) is 3.85. The van der Waals surface area contributed by atoms with Crippen LogP contribution in [0.5, 0.6) is 0 Å². The lowest BCUT2D eigenvalue weighted by molar-refractivity contribution is 0.756. The van der Waals surface area contributed by atoms with Crippen LogP contribution >= 0.6 is 0 Å². The van der Waals surface area contributed by atoms with Crippen LogP contribution in [-0.4, -0.2) is 19.3 Å². The van der Waals surface area contributed by atoms with Gasteiger partial charge in [0.2, 0.25) is 5.95 Å². The van der Waals surface area contributed by atoms with E-state index in [1.807, 2.05) is 24.7 Å². The van der Waals surface area contributed by atoms with Gasteiger partial charge in [-0.15, -0.1) is 0 Å². The van der Waals surface area contributed by atoms with E-state index < -0.39 is 0 Å². The highest BCUT2D eigenvalue weighted by molar-refractivity contribution is 5.82. The van der Waals surface area contributed by atoms with E-state index in [0.717, 1.165) is 22.4 Å². The maximum Gasteiger partial charge on any atom is 0.206 e. The van der Waals surface area contributed by atoms with Crippen LogP contribution in [0, 0.1) is 18.3 Å². The summed E-state index contributed by atoms with van der Waals surface area (Å²) in [6.45, 7) is 1.91. The average molecular weight is 252 g/mol. The number of rotatable bonds is 1. The standard InChI is InChI=1S/C13H12N6/c1-8-12(7-18(2)17-8)19-11-5-9(6-14)3-4-10(11)16-13(19)15/h3-5,7H,1-2H3,(H2,15,16). The van der Waals surface area contributed by atoms with Crippen molar-refractivity contribution in [2.24, 2.45) is 7.05 Å². The van der Waals surface area contributed by atoms with Gasteiger partial charge in [0.1, 0.15) is 0 Å². The van der Waals surface area contributed by atoms with Crippen LogP contribution in [0.4, 0.5) is 5.95 Å².